The van der Waals surface area contributed by atoms with Gasteiger partial charge in [-0.05, 0) is 12.1 Å². The summed E-state index contributed by atoms with van der Waals surface area (Å²) < 4.78 is 53.1. The molecular weight excluding hydrogens is 270 g/mol. The van der Waals surface area contributed by atoms with Gasteiger partial charge in [-0.2, -0.15) is 0 Å². The van der Waals surface area contributed by atoms with Crippen molar-refractivity contribution in [1.29, 1.82) is 0 Å². The number of hydrogen-bond donors (Lipinski definition) is 2. The quantitative estimate of drug-likeness (QED) is 0.793. The minimum absolute atomic E-state index is 0.512. The number of nitrogens with two attached hydrogens (primary N) is 1. The first-order valence-electron chi connectivity index (χ1n) is 4.61. The number of carbonyl (C=O) groups is 1. The summed E-state index contributed by atoms with van der Waals surface area (Å²) in [6, 6.07) is 1.02. The van der Waals surface area contributed by atoms with Crippen molar-refractivity contribution in [2.45, 2.75) is 4.90 Å². The normalized spacial score (nSPS) is 11.1. The van der Waals surface area contributed by atoms with Crippen LogP contribution >= 0.6 is 0 Å². The van der Waals surface area contributed by atoms with Crippen LogP contribution in [0.3, 0.4) is 0 Å². The van der Waals surface area contributed by atoms with Crippen LogP contribution in [0.15, 0.2) is 17.0 Å². The highest BCUT2D eigenvalue weighted by atomic mass is 32.2. The maximum absolute atomic E-state index is 13.4. The van der Waals surface area contributed by atoms with E-state index in [4.69, 9.17) is 5.14 Å². The van der Waals surface area contributed by atoms with E-state index in [1.165, 1.54) is 7.05 Å². The van der Waals surface area contributed by atoms with E-state index in [0.29, 0.717) is 12.1 Å². The molecule has 1 rings (SSSR count). The molecule has 9 heteroatoms. The van der Waals surface area contributed by atoms with Gasteiger partial charge in [0.15, 0.2) is 24.0 Å². The van der Waals surface area contributed by atoms with E-state index in [-0.39, 0.29) is 0 Å². The number of rotatable bonds is 4. The molecular formula is C9H10F2N2O4S. The minimum Gasteiger partial charge on any atom is -0.478 e. The van der Waals surface area contributed by atoms with Crippen LogP contribution in [-0.2, 0) is 14.8 Å². The summed E-state index contributed by atoms with van der Waals surface area (Å²) in [5, 5.41) is 6.91. The molecule has 1 amide bonds. The molecule has 1 aromatic rings. The summed E-state index contributed by atoms with van der Waals surface area (Å²) in [5.41, 5.74) is 0. The zero-order chi connectivity index (χ0) is 13.9. The maximum Gasteiger partial charge on any atom is 0.257 e. The molecule has 0 radical (unpaired) electrons. The second kappa shape index (κ2) is 5.27. The SMILES string of the molecule is CNC(=O)COc1c(F)cc(S(N)(=O)=O)cc1F. The lowest BCUT2D eigenvalue weighted by Crippen LogP contribution is -2.25. The molecule has 0 fully saturated rings. The number of ether oxygens (including phenoxy) is 1. The van der Waals surface area contributed by atoms with Gasteiger partial charge in [0.25, 0.3) is 5.91 Å². The number of halogens is 2. The van der Waals surface area contributed by atoms with E-state index >= 15 is 0 Å². The summed E-state index contributed by atoms with van der Waals surface area (Å²) in [5.74, 6) is -3.96. The van der Waals surface area contributed by atoms with Crippen LogP contribution in [0, 0.1) is 11.6 Å². The molecule has 18 heavy (non-hydrogen) atoms. The van der Waals surface area contributed by atoms with Gasteiger partial charge >= 0.3 is 0 Å². The van der Waals surface area contributed by atoms with Crippen molar-refractivity contribution >= 4 is 15.9 Å². The van der Waals surface area contributed by atoms with Crippen molar-refractivity contribution in [2.24, 2.45) is 5.14 Å². The highest BCUT2D eigenvalue weighted by Gasteiger charge is 2.18. The van der Waals surface area contributed by atoms with Crippen molar-refractivity contribution in [3.63, 3.8) is 0 Å². The molecule has 0 heterocycles. The lowest BCUT2D eigenvalue weighted by molar-refractivity contribution is -0.122. The molecule has 1 aromatic carbocycles. The predicted molar refractivity (Wildman–Crippen MR) is 57.3 cm³/mol. The molecule has 0 aromatic heterocycles. The molecule has 0 atom stereocenters. The molecule has 0 aliphatic carbocycles. The Morgan fingerprint density at radius 3 is 2.28 bits per heavy atom. The van der Waals surface area contributed by atoms with Crippen LogP contribution in [0.5, 0.6) is 5.75 Å². The molecule has 0 saturated heterocycles. The summed E-state index contributed by atoms with van der Waals surface area (Å²) in [7, 11) is -2.89. The summed E-state index contributed by atoms with van der Waals surface area (Å²) in [6.45, 7) is -0.598. The predicted octanol–water partition coefficient (Wildman–Crippen LogP) is -0.263. The number of hydrogen-bond acceptors (Lipinski definition) is 4. The van der Waals surface area contributed by atoms with Crippen molar-refractivity contribution in [1.82, 2.24) is 5.32 Å². The van der Waals surface area contributed by atoms with Crippen LogP contribution in [0.2, 0.25) is 0 Å². The van der Waals surface area contributed by atoms with Crippen LogP contribution in [0.1, 0.15) is 0 Å². The van der Waals surface area contributed by atoms with E-state index in [0.717, 1.165) is 0 Å². The van der Waals surface area contributed by atoms with E-state index in [1.54, 1.807) is 0 Å². The smallest absolute Gasteiger partial charge is 0.257 e. The van der Waals surface area contributed by atoms with Crippen molar-refractivity contribution in [3.8, 4) is 5.75 Å². The lowest BCUT2D eigenvalue weighted by atomic mass is 10.3. The van der Waals surface area contributed by atoms with Gasteiger partial charge in [0.05, 0.1) is 4.90 Å². The van der Waals surface area contributed by atoms with Gasteiger partial charge < -0.3 is 10.1 Å². The first-order chi connectivity index (χ1) is 8.25. The Bertz CT molecular complexity index is 551. The maximum atomic E-state index is 13.4. The van der Waals surface area contributed by atoms with Crippen molar-refractivity contribution < 1.29 is 26.7 Å². The first kappa shape index (κ1) is 14.3. The average molecular weight is 280 g/mol. The van der Waals surface area contributed by atoms with Crippen LogP contribution in [0.25, 0.3) is 0 Å². The van der Waals surface area contributed by atoms with Gasteiger partial charge in [0, 0.05) is 7.05 Å². The molecule has 0 aliphatic rings. The molecule has 0 bridgehead atoms. The molecule has 3 N–H and O–H groups in total. The number of likely N-dealkylation sites (N-methyl/N-ethyl adjacent to an activating group) is 1. The van der Waals surface area contributed by atoms with E-state index in [2.05, 4.69) is 10.1 Å². The number of amides is 1. The first-order valence-corrected chi connectivity index (χ1v) is 6.15. The highest BCUT2D eigenvalue weighted by Crippen LogP contribution is 2.24. The van der Waals surface area contributed by atoms with Gasteiger partial charge in [-0.3, -0.25) is 4.79 Å². The zero-order valence-electron chi connectivity index (χ0n) is 9.24. The molecule has 6 nitrogen and oxygen atoms in total. The van der Waals surface area contributed by atoms with Crippen LogP contribution < -0.4 is 15.2 Å². The lowest BCUT2D eigenvalue weighted by Gasteiger charge is -2.08. The van der Waals surface area contributed by atoms with Crippen LogP contribution in [0.4, 0.5) is 8.78 Å². The molecule has 0 saturated carbocycles. The topological polar surface area (TPSA) is 98.5 Å². The van der Waals surface area contributed by atoms with Crippen molar-refractivity contribution in [3.05, 3.63) is 23.8 Å². The molecule has 0 aliphatic heterocycles. The third kappa shape index (κ3) is 3.37. The number of carbonyl (C=O) groups excluding carboxylic acids is 1. The summed E-state index contributed by atoms with van der Waals surface area (Å²) in [6.07, 6.45) is 0. The molecule has 0 spiro atoms. The van der Waals surface area contributed by atoms with Gasteiger partial charge in [-0.25, -0.2) is 22.3 Å². The molecule has 0 unspecified atom stereocenters. The Labute approximate surface area is 102 Å². The third-order valence-corrected chi connectivity index (χ3v) is 2.82. The van der Waals surface area contributed by atoms with Crippen LogP contribution in [-0.4, -0.2) is 28.0 Å². The standard InChI is InChI=1S/C9H10F2N2O4S/c1-13-8(14)4-17-9-6(10)2-5(3-7(9)11)18(12,15)16/h2-3H,4H2,1H3,(H,13,14)(H2,12,15,16). The second-order valence-electron chi connectivity index (χ2n) is 3.22. The third-order valence-electron chi connectivity index (χ3n) is 1.93. The van der Waals surface area contributed by atoms with E-state index < -0.39 is 44.8 Å². The number of primary sulfonamides is 1. The fraction of sp³-hybridized carbons (Fsp3) is 0.222. The van der Waals surface area contributed by atoms with E-state index in [9.17, 15) is 22.0 Å². The van der Waals surface area contributed by atoms with E-state index in [1.807, 2.05) is 0 Å². The fourth-order valence-corrected chi connectivity index (χ4v) is 1.58. The monoisotopic (exact) mass is 280 g/mol. The molecule has 100 valence electrons. The summed E-state index contributed by atoms with van der Waals surface area (Å²) >= 11 is 0. The van der Waals surface area contributed by atoms with Gasteiger partial charge in [-0.15, -0.1) is 0 Å². The van der Waals surface area contributed by atoms with Crippen molar-refractivity contribution in [2.75, 3.05) is 13.7 Å². The van der Waals surface area contributed by atoms with Gasteiger partial charge in [-0.1, -0.05) is 0 Å². The number of sulfonamides is 1. The van der Waals surface area contributed by atoms with Gasteiger partial charge in [0.2, 0.25) is 10.0 Å². The van der Waals surface area contributed by atoms with Gasteiger partial charge in [0.1, 0.15) is 0 Å². The Kier molecular flexibility index (Phi) is 4.19. The zero-order valence-corrected chi connectivity index (χ0v) is 10.1. The summed E-state index contributed by atoms with van der Waals surface area (Å²) in [4.78, 5) is 10.1. The Morgan fingerprint density at radius 2 is 1.89 bits per heavy atom. The highest BCUT2D eigenvalue weighted by molar-refractivity contribution is 7.89. The second-order valence-corrected chi connectivity index (χ2v) is 4.78. The number of benzene rings is 1. The largest absolute Gasteiger partial charge is 0.478 e. The average Bonchev–Trinajstić information content (AvgIpc) is 2.26. The minimum atomic E-state index is -4.22. The fourth-order valence-electron chi connectivity index (χ4n) is 1.05. The Hall–Kier alpha value is -1.74. The Morgan fingerprint density at radius 1 is 1.39 bits per heavy atom. The Balaban J connectivity index is 3.06. The number of nitrogens with one attached hydrogen (secondary N) is 1.